The van der Waals surface area contributed by atoms with Gasteiger partial charge in [-0.25, -0.2) is 9.97 Å². The van der Waals surface area contributed by atoms with Gasteiger partial charge in [0.25, 0.3) is 0 Å². The van der Waals surface area contributed by atoms with E-state index in [9.17, 15) is 0 Å². The Morgan fingerprint density at radius 1 is 0.479 bits per heavy atom. The molecule has 2 aromatic heterocycles. The molecule has 3 nitrogen and oxygen atoms in total. The number of benzene rings is 7. The standard InChI is InChI=1S/C45H31N3/c1-45(2)36-23-21-28-13-9-11-19-32(28)42(36)34-25-35-41(26-37(34)45)48(40-24-22-29-14-10-12-20-33(29)43(35)40)44-46-38(30-15-5-3-6-16-30)27-39(47-44)31-17-7-4-8-18-31/h3-27H,1-2H3. The average molecular weight is 614 g/mol. The maximum atomic E-state index is 5.31. The van der Waals surface area contributed by atoms with E-state index in [4.69, 9.17) is 9.97 Å². The van der Waals surface area contributed by atoms with Crippen molar-refractivity contribution < 1.29 is 0 Å². The van der Waals surface area contributed by atoms with Crippen LogP contribution in [0.2, 0.25) is 0 Å². The Bertz CT molecular complexity index is 2680. The number of rotatable bonds is 3. The molecule has 1 aliphatic rings. The van der Waals surface area contributed by atoms with E-state index >= 15 is 0 Å². The van der Waals surface area contributed by atoms with E-state index in [-0.39, 0.29) is 5.41 Å². The average Bonchev–Trinajstić information content (AvgIpc) is 3.59. The molecule has 2 heterocycles. The molecule has 0 spiro atoms. The summed E-state index contributed by atoms with van der Waals surface area (Å²) in [5, 5.41) is 7.48. The Morgan fingerprint density at radius 2 is 1.06 bits per heavy atom. The van der Waals surface area contributed by atoms with E-state index in [0.717, 1.165) is 33.5 Å². The molecule has 0 saturated carbocycles. The summed E-state index contributed by atoms with van der Waals surface area (Å²) in [5.41, 5.74) is 11.3. The highest BCUT2D eigenvalue weighted by atomic mass is 15.2. The lowest BCUT2D eigenvalue weighted by atomic mass is 9.82. The van der Waals surface area contributed by atoms with Crippen LogP contribution in [0.25, 0.3) is 82.9 Å². The normalized spacial score (nSPS) is 13.4. The quantitative estimate of drug-likeness (QED) is 0.198. The van der Waals surface area contributed by atoms with Crippen LogP contribution in [0.4, 0.5) is 0 Å². The molecule has 10 rings (SSSR count). The highest BCUT2D eigenvalue weighted by Gasteiger charge is 2.37. The number of fused-ring (bicyclic) bond motifs is 10. The van der Waals surface area contributed by atoms with E-state index in [1.807, 2.05) is 12.1 Å². The van der Waals surface area contributed by atoms with Gasteiger partial charge in [0.15, 0.2) is 0 Å². The van der Waals surface area contributed by atoms with Gasteiger partial charge in [-0.3, -0.25) is 4.57 Å². The summed E-state index contributed by atoms with van der Waals surface area (Å²) < 4.78 is 2.30. The predicted octanol–water partition coefficient (Wildman–Crippen LogP) is 11.5. The van der Waals surface area contributed by atoms with Crippen LogP contribution in [0.1, 0.15) is 25.0 Å². The van der Waals surface area contributed by atoms with Gasteiger partial charge in [-0.1, -0.05) is 141 Å². The monoisotopic (exact) mass is 613 g/mol. The third-order valence-corrected chi connectivity index (χ3v) is 10.4. The fraction of sp³-hybridized carbons (Fsp3) is 0.0667. The van der Waals surface area contributed by atoms with Crippen molar-refractivity contribution >= 4 is 43.4 Å². The molecule has 0 atom stereocenters. The lowest BCUT2D eigenvalue weighted by Crippen LogP contribution is -2.15. The zero-order valence-corrected chi connectivity index (χ0v) is 26.8. The first-order valence-electron chi connectivity index (χ1n) is 16.6. The molecule has 9 aromatic rings. The summed E-state index contributed by atoms with van der Waals surface area (Å²) in [6.45, 7) is 4.72. The van der Waals surface area contributed by atoms with Crippen molar-refractivity contribution in [2.24, 2.45) is 0 Å². The van der Waals surface area contributed by atoms with Crippen LogP contribution in [0, 0.1) is 0 Å². The van der Waals surface area contributed by atoms with Gasteiger partial charge in [0.2, 0.25) is 5.95 Å². The molecule has 0 N–H and O–H groups in total. The molecule has 48 heavy (non-hydrogen) atoms. The smallest absolute Gasteiger partial charge is 0.235 e. The molecule has 0 saturated heterocycles. The fourth-order valence-corrected chi connectivity index (χ4v) is 8.05. The van der Waals surface area contributed by atoms with Crippen LogP contribution in [0.15, 0.2) is 152 Å². The van der Waals surface area contributed by atoms with Crippen LogP contribution in [0.3, 0.4) is 0 Å². The molecule has 226 valence electrons. The fourth-order valence-electron chi connectivity index (χ4n) is 8.05. The molecule has 1 aliphatic carbocycles. The van der Waals surface area contributed by atoms with E-state index in [1.54, 1.807) is 0 Å². The van der Waals surface area contributed by atoms with Crippen molar-refractivity contribution in [1.82, 2.24) is 14.5 Å². The molecule has 0 amide bonds. The van der Waals surface area contributed by atoms with E-state index < -0.39 is 0 Å². The van der Waals surface area contributed by atoms with Gasteiger partial charge in [-0.05, 0) is 68.1 Å². The number of hydrogen-bond acceptors (Lipinski definition) is 2. The molecular weight excluding hydrogens is 583 g/mol. The van der Waals surface area contributed by atoms with Crippen molar-refractivity contribution in [1.29, 1.82) is 0 Å². The van der Waals surface area contributed by atoms with Crippen LogP contribution < -0.4 is 0 Å². The van der Waals surface area contributed by atoms with Crippen LogP contribution >= 0.6 is 0 Å². The molecule has 7 aromatic carbocycles. The van der Waals surface area contributed by atoms with Gasteiger partial charge < -0.3 is 0 Å². The Morgan fingerprint density at radius 3 is 1.75 bits per heavy atom. The van der Waals surface area contributed by atoms with Crippen LogP contribution in [0.5, 0.6) is 0 Å². The molecule has 3 heteroatoms. The largest absolute Gasteiger partial charge is 0.278 e. The van der Waals surface area contributed by atoms with Crippen molar-refractivity contribution in [3.63, 3.8) is 0 Å². The van der Waals surface area contributed by atoms with Gasteiger partial charge in [0.05, 0.1) is 22.4 Å². The van der Waals surface area contributed by atoms with Crippen LogP contribution in [-0.2, 0) is 5.41 Å². The third-order valence-electron chi connectivity index (χ3n) is 10.4. The SMILES string of the molecule is CC1(C)c2cc3c(cc2-c2c1ccc1ccccc21)c1c2ccccc2ccc1n3-c1nc(-c2ccccc2)cc(-c2ccccc2)n1. The Balaban J connectivity index is 1.35. The number of aromatic nitrogens is 3. The summed E-state index contributed by atoms with van der Waals surface area (Å²) in [5.74, 6) is 0.671. The zero-order chi connectivity index (χ0) is 32.0. The van der Waals surface area contributed by atoms with E-state index in [1.165, 1.54) is 54.6 Å². The van der Waals surface area contributed by atoms with Gasteiger partial charge in [-0.2, -0.15) is 0 Å². The topological polar surface area (TPSA) is 30.7 Å². The lowest BCUT2D eigenvalue weighted by Gasteiger charge is -2.22. The second-order valence-electron chi connectivity index (χ2n) is 13.4. The van der Waals surface area contributed by atoms with E-state index in [0.29, 0.717) is 5.95 Å². The minimum atomic E-state index is -0.172. The Labute approximate surface area is 278 Å². The highest BCUT2D eigenvalue weighted by molar-refractivity contribution is 6.22. The van der Waals surface area contributed by atoms with E-state index in [2.05, 4.69) is 158 Å². The first-order valence-corrected chi connectivity index (χ1v) is 16.6. The van der Waals surface area contributed by atoms with Gasteiger partial charge in [0, 0.05) is 27.3 Å². The Hall–Kier alpha value is -6.06. The summed E-state index contributed by atoms with van der Waals surface area (Å²) in [4.78, 5) is 10.6. The summed E-state index contributed by atoms with van der Waals surface area (Å²) in [7, 11) is 0. The van der Waals surface area contributed by atoms with Gasteiger partial charge >= 0.3 is 0 Å². The summed E-state index contributed by atoms with van der Waals surface area (Å²) in [6, 6.07) is 54.4. The molecule has 0 radical (unpaired) electrons. The Kier molecular flexibility index (Phi) is 5.63. The first kappa shape index (κ1) is 27.1. The van der Waals surface area contributed by atoms with Gasteiger partial charge in [0.1, 0.15) is 0 Å². The lowest BCUT2D eigenvalue weighted by molar-refractivity contribution is 0.661. The maximum absolute atomic E-state index is 5.31. The minimum absolute atomic E-state index is 0.172. The molecule has 0 bridgehead atoms. The molecule has 0 unspecified atom stereocenters. The maximum Gasteiger partial charge on any atom is 0.235 e. The third kappa shape index (κ3) is 3.82. The first-order chi connectivity index (χ1) is 23.6. The second-order valence-corrected chi connectivity index (χ2v) is 13.4. The zero-order valence-electron chi connectivity index (χ0n) is 26.8. The number of nitrogens with zero attached hydrogens (tertiary/aromatic N) is 3. The summed E-state index contributed by atoms with van der Waals surface area (Å²) >= 11 is 0. The minimum Gasteiger partial charge on any atom is -0.278 e. The number of hydrogen-bond donors (Lipinski definition) is 0. The van der Waals surface area contributed by atoms with Crippen LogP contribution in [-0.4, -0.2) is 14.5 Å². The molecular formula is C45H31N3. The summed E-state index contributed by atoms with van der Waals surface area (Å²) in [6.07, 6.45) is 0. The second kappa shape index (κ2) is 9.97. The predicted molar refractivity (Wildman–Crippen MR) is 200 cm³/mol. The molecule has 0 fully saturated rings. The van der Waals surface area contributed by atoms with Crippen molar-refractivity contribution in [2.75, 3.05) is 0 Å². The van der Waals surface area contributed by atoms with Crippen molar-refractivity contribution in [3.05, 3.63) is 163 Å². The van der Waals surface area contributed by atoms with Crippen molar-refractivity contribution in [3.8, 4) is 39.6 Å². The molecule has 0 aliphatic heterocycles. The van der Waals surface area contributed by atoms with Crippen molar-refractivity contribution in [2.45, 2.75) is 19.3 Å². The highest BCUT2D eigenvalue weighted by Crippen LogP contribution is 2.53. The van der Waals surface area contributed by atoms with Gasteiger partial charge in [-0.15, -0.1) is 0 Å².